The summed E-state index contributed by atoms with van der Waals surface area (Å²) in [5, 5.41) is 23.6. The van der Waals surface area contributed by atoms with Crippen LogP contribution in [0.15, 0.2) is 48.5 Å². The standard InChI is InChI=1S/C26H32N2O7S/c1-16(2)35-24(31)11-27-25(32)23(15-36-14-17(30)12-29)28-26(33)34-13-22-20-9-5-3-7-18(20)19-8-4-6-10-21(19)22/h3-10,16-17,22-23,29-30H,11-15H2,1-2H3,(H,27,32)(H,28,33)/t17-,23+/m1/s1. The van der Waals surface area contributed by atoms with Gasteiger partial charge in [-0.15, -0.1) is 0 Å². The Labute approximate surface area is 214 Å². The minimum absolute atomic E-state index is 0.0886. The molecule has 0 bridgehead atoms. The molecule has 0 saturated carbocycles. The molecule has 0 aliphatic heterocycles. The second-order valence-corrected chi connectivity index (χ2v) is 9.73. The van der Waals surface area contributed by atoms with E-state index in [1.807, 2.05) is 48.5 Å². The van der Waals surface area contributed by atoms with Crippen molar-refractivity contribution in [2.24, 2.45) is 0 Å². The van der Waals surface area contributed by atoms with E-state index in [4.69, 9.17) is 14.6 Å². The van der Waals surface area contributed by atoms with Gasteiger partial charge in [0.15, 0.2) is 0 Å². The molecule has 1 aliphatic carbocycles. The summed E-state index contributed by atoms with van der Waals surface area (Å²) in [5.41, 5.74) is 4.34. The highest BCUT2D eigenvalue weighted by atomic mass is 32.2. The largest absolute Gasteiger partial charge is 0.462 e. The van der Waals surface area contributed by atoms with Gasteiger partial charge in [0.25, 0.3) is 0 Å². The average Bonchev–Trinajstić information content (AvgIpc) is 3.18. The first-order chi connectivity index (χ1) is 17.3. The van der Waals surface area contributed by atoms with Crippen LogP contribution in [0.5, 0.6) is 0 Å². The van der Waals surface area contributed by atoms with Crippen molar-refractivity contribution < 1.29 is 34.1 Å². The Kier molecular flexibility index (Phi) is 10.2. The highest BCUT2D eigenvalue weighted by Gasteiger charge is 2.30. The third-order valence-electron chi connectivity index (χ3n) is 5.53. The molecule has 194 valence electrons. The lowest BCUT2D eigenvalue weighted by atomic mass is 9.98. The van der Waals surface area contributed by atoms with Crippen LogP contribution in [0.3, 0.4) is 0 Å². The molecule has 0 aromatic heterocycles. The summed E-state index contributed by atoms with van der Waals surface area (Å²) in [5.74, 6) is -1.04. The number of carbonyl (C=O) groups is 3. The molecule has 0 heterocycles. The lowest BCUT2D eigenvalue weighted by molar-refractivity contribution is -0.147. The zero-order chi connectivity index (χ0) is 26.1. The van der Waals surface area contributed by atoms with Gasteiger partial charge >= 0.3 is 12.1 Å². The van der Waals surface area contributed by atoms with Crippen LogP contribution in [0.1, 0.15) is 30.9 Å². The summed E-state index contributed by atoms with van der Waals surface area (Å²) < 4.78 is 10.5. The maximum absolute atomic E-state index is 12.7. The number of aliphatic hydroxyl groups is 2. The Morgan fingerprint density at radius 2 is 1.61 bits per heavy atom. The van der Waals surface area contributed by atoms with Gasteiger partial charge in [0.2, 0.25) is 5.91 Å². The number of ether oxygens (including phenoxy) is 2. The predicted molar refractivity (Wildman–Crippen MR) is 137 cm³/mol. The zero-order valence-corrected chi connectivity index (χ0v) is 21.1. The smallest absolute Gasteiger partial charge is 0.407 e. The molecule has 0 radical (unpaired) electrons. The minimum atomic E-state index is -1.02. The van der Waals surface area contributed by atoms with Crippen molar-refractivity contribution in [3.05, 3.63) is 59.7 Å². The number of alkyl carbamates (subject to hydrolysis) is 1. The van der Waals surface area contributed by atoms with E-state index < -0.39 is 36.7 Å². The molecule has 36 heavy (non-hydrogen) atoms. The summed E-state index contributed by atoms with van der Waals surface area (Å²) in [7, 11) is 0. The monoisotopic (exact) mass is 516 g/mol. The van der Waals surface area contributed by atoms with Crippen LogP contribution in [0.2, 0.25) is 0 Å². The van der Waals surface area contributed by atoms with E-state index in [0.717, 1.165) is 22.3 Å². The SMILES string of the molecule is CC(C)OC(=O)CNC(=O)[C@H](CSC[C@H](O)CO)NC(=O)OCC1c2ccccc2-c2ccccc21. The number of carbonyl (C=O) groups excluding carboxylic acids is 3. The molecule has 0 spiro atoms. The molecule has 4 N–H and O–H groups in total. The average molecular weight is 517 g/mol. The molecule has 0 unspecified atom stereocenters. The lowest BCUT2D eigenvalue weighted by Crippen LogP contribution is -2.50. The first-order valence-electron chi connectivity index (χ1n) is 11.8. The number of hydrogen-bond acceptors (Lipinski definition) is 8. The van der Waals surface area contributed by atoms with E-state index in [1.54, 1.807) is 13.8 Å². The minimum Gasteiger partial charge on any atom is -0.462 e. The molecule has 2 aromatic carbocycles. The third-order valence-corrected chi connectivity index (χ3v) is 6.72. The maximum Gasteiger partial charge on any atom is 0.407 e. The number of rotatable bonds is 12. The molecular weight excluding hydrogens is 484 g/mol. The number of amides is 2. The molecule has 9 nitrogen and oxygen atoms in total. The molecule has 10 heteroatoms. The number of benzene rings is 2. The number of esters is 1. The second-order valence-electron chi connectivity index (χ2n) is 8.65. The molecule has 2 atom stereocenters. The fourth-order valence-electron chi connectivity index (χ4n) is 3.93. The van der Waals surface area contributed by atoms with Gasteiger partial charge in [-0.2, -0.15) is 11.8 Å². The van der Waals surface area contributed by atoms with Crippen molar-refractivity contribution >= 4 is 29.7 Å². The van der Waals surface area contributed by atoms with Gasteiger partial charge in [-0.1, -0.05) is 48.5 Å². The number of thioether (sulfide) groups is 1. The maximum atomic E-state index is 12.7. The highest BCUT2D eigenvalue weighted by Crippen LogP contribution is 2.44. The van der Waals surface area contributed by atoms with E-state index in [-0.39, 0.29) is 36.7 Å². The Balaban J connectivity index is 1.61. The van der Waals surface area contributed by atoms with Crippen molar-refractivity contribution in [3.8, 4) is 11.1 Å². The van der Waals surface area contributed by atoms with Gasteiger partial charge in [0.1, 0.15) is 19.2 Å². The quantitative estimate of drug-likeness (QED) is 0.315. The van der Waals surface area contributed by atoms with Crippen molar-refractivity contribution in [1.82, 2.24) is 10.6 Å². The first-order valence-corrected chi connectivity index (χ1v) is 12.9. The molecule has 2 aromatic rings. The highest BCUT2D eigenvalue weighted by molar-refractivity contribution is 7.99. The van der Waals surface area contributed by atoms with Crippen molar-refractivity contribution in [3.63, 3.8) is 0 Å². The van der Waals surface area contributed by atoms with Crippen molar-refractivity contribution in [1.29, 1.82) is 0 Å². The second kappa shape index (κ2) is 13.3. The molecule has 1 aliphatic rings. The molecule has 2 amide bonds. The van der Waals surface area contributed by atoms with Crippen LogP contribution in [0.25, 0.3) is 11.1 Å². The topological polar surface area (TPSA) is 134 Å². The zero-order valence-electron chi connectivity index (χ0n) is 20.3. The van der Waals surface area contributed by atoms with E-state index >= 15 is 0 Å². The van der Waals surface area contributed by atoms with Crippen LogP contribution < -0.4 is 10.6 Å². The van der Waals surface area contributed by atoms with Gasteiger partial charge in [-0.05, 0) is 36.1 Å². The number of fused-ring (bicyclic) bond motifs is 3. The van der Waals surface area contributed by atoms with E-state index in [9.17, 15) is 19.5 Å². The van der Waals surface area contributed by atoms with Crippen molar-refractivity contribution in [2.75, 3.05) is 31.3 Å². The summed E-state index contributed by atoms with van der Waals surface area (Å²) >= 11 is 1.18. The fourth-order valence-corrected chi connectivity index (χ4v) is 4.91. The van der Waals surface area contributed by atoms with Crippen LogP contribution in [-0.4, -0.2) is 77.7 Å². The summed E-state index contributed by atoms with van der Waals surface area (Å²) in [4.78, 5) is 37.1. The molecule has 0 saturated heterocycles. The summed E-state index contributed by atoms with van der Waals surface area (Å²) in [6, 6.07) is 14.9. The number of aliphatic hydroxyl groups excluding tert-OH is 2. The van der Waals surface area contributed by atoms with Gasteiger partial charge in [0.05, 0.1) is 18.8 Å². The Morgan fingerprint density at radius 1 is 1.00 bits per heavy atom. The van der Waals surface area contributed by atoms with Gasteiger partial charge in [0, 0.05) is 17.4 Å². The van der Waals surface area contributed by atoms with Gasteiger partial charge in [-0.3, -0.25) is 9.59 Å². The van der Waals surface area contributed by atoms with Crippen molar-refractivity contribution in [2.45, 2.75) is 38.0 Å². The fraction of sp³-hybridized carbons (Fsp3) is 0.423. The van der Waals surface area contributed by atoms with Crippen LogP contribution in [0.4, 0.5) is 4.79 Å². The van der Waals surface area contributed by atoms with Gasteiger partial charge in [-0.25, -0.2) is 4.79 Å². The Hall–Kier alpha value is -3.08. The predicted octanol–water partition coefficient (Wildman–Crippen LogP) is 2.05. The van der Waals surface area contributed by atoms with Crippen LogP contribution in [-0.2, 0) is 19.1 Å². The molecule has 0 fully saturated rings. The van der Waals surface area contributed by atoms with Gasteiger partial charge < -0.3 is 30.3 Å². The normalized spacial score (nSPS) is 13.9. The Bertz CT molecular complexity index is 1020. The number of nitrogens with one attached hydrogen (secondary N) is 2. The van der Waals surface area contributed by atoms with Crippen LogP contribution in [0, 0.1) is 0 Å². The molecule has 3 rings (SSSR count). The van der Waals surface area contributed by atoms with E-state index in [2.05, 4.69) is 10.6 Å². The lowest BCUT2D eigenvalue weighted by Gasteiger charge is -2.20. The first kappa shape index (κ1) is 27.5. The summed E-state index contributed by atoms with van der Waals surface area (Å²) in [6.07, 6.45) is -2.04. The Morgan fingerprint density at radius 3 is 2.19 bits per heavy atom. The van der Waals surface area contributed by atoms with E-state index in [1.165, 1.54) is 11.8 Å². The third kappa shape index (κ3) is 7.46. The molecular formula is C26H32N2O7S. The number of hydrogen-bond donors (Lipinski definition) is 4. The summed E-state index contributed by atoms with van der Waals surface area (Å²) in [6.45, 7) is 2.73. The van der Waals surface area contributed by atoms with Crippen LogP contribution >= 0.6 is 11.8 Å². The van der Waals surface area contributed by atoms with E-state index in [0.29, 0.717) is 0 Å².